The van der Waals surface area contributed by atoms with Gasteiger partial charge in [0.15, 0.2) is 11.6 Å². The number of aliphatic carboxylic acids is 1. The number of carboxylic acid groups (broad SMARTS) is 1. The molecule has 1 aromatic carbocycles. The average Bonchev–Trinajstić information content (AvgIpc) is 2.13. The number of nitrogens with two attached hydrogens (primary N) is 1. The Bertz CT molecular complexity index is 384. The zero-order valence-corrected chi connectivity index (χ0v) is 8.38. The highest BCUT2D eigenvalue weighted by Crippen LogP contribution is 2.24. The van der Waals surface area contributed by atoms with Crippen molar-refractivity contribution in [1.82, 2.24) is 0 Å². The molecule has 3 N–H and O–H groups in total. The summed E-state index contributed by atoms with van der Waals surface area (Å²) < 4.78 is 26.0. The molecule has 0 aliphatic carbocycles. The van der Waals surface area contributed by atoms with Crippen molar-refractivity contribution in [2.45, 2.75) is 6.04 Å². The maximum absolute atomic E-state index is 13.1. The van der Waals surface area contributed by atoms with Gasteiger partial charge < -0.3 is 10.8 Å². The molecule has 0 bridgehead atoms. The van der Waals surface area contributed by atoms with Crippen molar-refractivity contribution < 1.29 is 18.7 Å². The van der Waals surface area contributed by atoms with Gasteiger partial charge in [-0.2, -0.15) is 0 Å². The molecule has 1 aromatic rings. The molecular weight excluding hydrogens is 260 g/mol. The van der Waals surface area contributed by atoms with E-state index in [4.69, 9.17) is 10.8 Å². The molecule has 1 unspecified atom stereocenters. The Morgan fingerprint density at radius 2 is 2.00 bits per heavy atom. The van der Waals surface area contributed by atoms with Gasteiger partial charge in [-0.15, -0.1) is 0 Å². The highest BCUT2D eigenvalue weighted by atomic mass is 79.9. The monoisotopic (exact) mass is 265 g/mol. The van der Waals surface area contributed by atoms with Crippen molar-refractivity contribution in [3.8, 4) is 0 Å². The van der Waals surface area contributed by atoms with E-state index in [1.54, 1.807) is 0 Å². The lowest BCUT2D eigenvalue weighted by atomic mass is 10.1. The molecule has 1 rings (SSSR count). The molecule has 0 saturated carbocycles. The summed E-state index contributed by atoms with van der Waals surface area (Å²) in [7, 11) is 0. The van der Waals surface area contributed by atoms with Gasteiger partial charge in [0.1, 0.15) is 6.04 Å². The van der Waals surface area contributed by atoms with E-state index >= 15 is 0 Å². The molecule has 0 aliphatic rings. The molecule has 1 atom stereocenters. The number of hydrogen-bond acceptors (Lipinski definition) is 2. The summed E-state index contributed by atoms with van der Waals surface area (Å²) in [5.74, 6) is -3.79. The van der Waals surface area contributed by atoms with Crippen LogP contribution in [0.3, 0.4) is 0 Å². The predicted octanol–water partition coefficient (Wildman–Crippen LogP) is 1.81. The second-order valence-corrected chi connectivity index (χ2v) is 3.43. The maximum atomic E-state index is 13.1. The molecule has 76 valence electrons. The quantitative estimate of drug-likeness (QED) is 0.802. The lowest BCUT2D eigenvalue weighted by molar-refractivity contribution is -0.138. The molecule has 0 fully saturated rings. The van der Waals surface area contributed by atoms with Crippen LogP contribution in [0.15, 0.2) is 16.6 Å². The van der Waals surface area contributed by atoms with Crippen molar-refractivity contribution in [1.29, 1.82) is 0 Å². The van der Waals surface area contributed by atoms with Gasteiger partial charge in [-0.1, -0.05) is 6.07 Å². The summed E-state index contributed by atoms with van der Waals surface area (Å²) >= 11 is 2.76. The second kappa shape index (κ2) is 4.02. The normalized spacial score (nSPS) is 12.6. The van der Waals surface area contributed by atoms with E-state index in [0.29, 0.717) is 0 Å². The Morgan fingerprint density at radius 3 is 2.50 bits per heavy atom. The number of carboxylic acids is 1. The van der Waals surface area contributed by atoms with Crippen LogP contribution in [-0.2, 0) is 4.79 Å². The van der Waals surface area contributed by atoms with E-state index in [0.717, 1.165) is 6.07 Å². The first-order valence-electron chi connectivity index (χ1n) is 3.57. The molecule has 0 amide bonds. The second-order valence-electron chi connectivity index (χ2n) is 2.58. The number of rotatable bonds is 2. The molecule has 0 aliphatic heterocycles. The minimum absolute atomic E-state index is 0.0728. The van der Waals surface area contributed by atoms with Crippen LogP contribution in [0.1, 0.15) is 11.6 Å². The SMILES string of the molecule is NC(C(=O)O)c1ccc(Br)c(F)c1F. The van der Waals surface area contributed by atoms with Crippen LogP contribution in [0.5, 0.6) is 0 Å². The molecule has 0 radical (unpaired) electrons. The molecule has 0 saturated heterocycles. The first kappa shape index (κ1) is 11.1. The molecule has 6 heteroatoms. The third-order valence-corrected chi connectivity index (χ3v) is 2.28. The van der Waals surface area contributed by atoms with Crippen LogP contribution < -0.4 is 5.73 Å². The van der Waals surface area contributed by atoms with Gasteiger partial charge in [-0.05, 0) is 22.0 Å². The zero-order chi connectivity index (χ0) is 10.9. The van der Waals surface area contributed by atoms with Crippen molar-refractivity contribution in [2.75, 3.05) is 0 Å². The molecule has 0 aromatic heterocycles. The lowest BCUT2D eigenvalue weighted by Crippen LogP contribution is -2.22. The van der Waals surface area contributed by atoms with E-state index < -0.39 is 23.6 Å². The molecule has 0 spiro atoms. The van der Waals surface area contributed by atoms with Gasteiger partial charge in [0.25, 0.3) is 0 Å². The third-order valence-electron chi connectivity index (χ3n) is 1.67. The van der Waals surface area contributed by atoms with Crippen LogP contribution in [-0.4, -0.2) is 11.1 Å². The van der Waals surface area contributed by atoms with E-state index in [1.807, 2.05) is 0 Å². The Hall–Kier alpha value is -1.01. The van der Waals surface area contributed by atoms with Crippen molar-refractivity contribution in [2.24, 2.45) is 5.73 Å². The summed E-state index contributed by atoms with van der Waals surface area (Å²) in [6.45, 7) is 0. The molecule has 3 nitrogen and oxygen atoms in total. The molecule has 0 heterocycles. The van der Waals surface area contributed by atoms with Gasteiger partial charge in [-0.25, -0.2) is 8.78 Å². The standard InChI is InChI=1S/C8H6BrF2NO2/c9-4-2-1-3(5(10)6(4)11)7(12)8(13)14/h1-2,7H,12H2,(H,13,14). The number of benzene rings is 1. The van der Waals surface area contributed by atoms with E-state index in [1.165, 1.54) is 6.07 Å². The summed E-state index contributed by atoms with van der Waals surface area (Å²) in [5, 5.41) is 8.49. The minimum Gasteiger partial charge on any atom is -0.480 e. The van der Waals surface area contributed by atoms with Crippen LogP contribution in [0, 0.1) is 11.6 Å². The largest absolute Gasteiger partial charge is 0.480 e. The minimum atomic E-state index is -1.56. The fourth-order valence-corrected chi connectivity index (χ4v) is 1.22. The molecule has 14 heavy (non-hydrogen) atoms. The van der Waals surface area contributed by atoms with Crippen LogP contribution in [0.4, 0.5) is 8.78 Å². The van der Waals surface area contributed by atoms with E-state index in [9.17, 15) is 13.6 Å². The Morgan fingerprint density at radius 1 is 1.43 bits per heavy atom. The number of carbonyl (C=O) groups is 1. The van der Waals surface area contributed by atoms with Gasteiger partial charge >= 0.3 is 5.97 Å². The van der Waals surface area contributed by atoms with Gasteiger partial charge in [-0.3, -0.25) is 4.79 Å². The fraction of sp³-hybridized carbons (Fsp3) is 0.125. The van der Waals surface area contributed by atoms with Gasteiger partial charge in [0, 0.05) is 5.56 Å². The van der Waals surface area contributed by atoms with Gasteiger partial charge in [0.05, 0.1) is 4.47 Å². The first-order chi connectivity index (χ1) is 6.45. The summed E-state index contributed by atoms with van der Waals surface area (Å²) in [5.41, 5.74) is 4.76. The smallest absolute Gasteiger partial charge is 0.325 e. The zero-order valence-electron chi connectivity index (χ0n) is 6.80. The fourth-order valence-electron chi connectivity index (χ4n) is 0.914. The van der Waals surface area contributed by atoms with E-state index in [-0.39, 0.29) is 10.0 Å². The average molecular weight is 266 g/mol. The lowest BCUT2D eigenvalue weighted by Gasteiger charge is -2.08. The summed E-state index contributed by atoms with van der Waals surface area (Å²) in [4.78, 5) is 10.4. The summed E-state index contributed by atoms with van der Waals surface area (Å²) in [6.07, 6.45) is 0. The first-order valence-corrected chi connectivity index (χ1v) is 4.36. The van der Waals surface area contributed by atoms with E-state index in [2.05, 4.69) is 15.9 Å². The highest BCUT2D eigenvalue weighted by Gasteiger charge is 2.21. The number of halogens is 3. The Labute approximate surface area is 86.7 Å². The highest BCUT2D eigenvalue weighted by molar-refractivity contribution is 9.10. The molecular formula is C8H6BrF2NO2. The Balaban J connectivity index is 3.24. The van der Waals surface area contributed by atoms with Crippen molar-refractivity contribution in [3.05, 3.63) is 33.8 Å². The maximum Gasteiger partial charge on any atom is 0.325 e. The van der Waals surface area contributed by atoms with Crippen molar-refractivity contribution >= 4 is 21.9 Å². The summed E-state index contributed by atoms with van der Waals surface area (Å²) in [6, 6.07) is 0.773. The topological polar surface area (TPSA) is 63.3 Å². The van der Waals surface area contributed by atoms with Gasteiger partial charge in [0.2, 0.25) is 0 Å². The van der Waals surface area contributed by atoms with Crippen LogP contribution in [0.2, 0.25) is 0 Å². The predicted molar refractivity (Wildman–Crippen MR) is 48.6 cm³/mol. The van der Waals surface area contributed by atoms with Crippen molar-refractivity contribution in [3.63, 3.8) is 0 Å². The number of hydrogen-bond donors (Lipinski definition) is 2. The third kappa shape index (κ3) is 1.91. The Kier molecular flexibility index (Phi) is 3.17. The van der Waals surface area contributed by atoms with Crippen LogP contribution >= 0.6 is 15.9 Å². The van der Waals surface area contributed by atoms with Crippen LogP contribution in [0.25, 0.3) is 0 Å².